The first kappa shape index (κ1) is 17.6. The molecule has 1 heterocycles. The standard InChI is InChI=1S/C14H22N4O4S/c1-15-13-4-3-11(9-14(13)18(19)20)10-16-12-5-7-17(8-6-12)23(2,21)22/h3-4,9,12,15-16H,5-8,10H2,1-2H3. The van der Waals surface area contributed by atoms with E-state index in [1.807, 2.05) is 6.07 Å². The summed E-state index contributed by atoms with van der Waals surface area (Å²) in [5, 5.41) is 17.2. The van der Waals surface area contributed by atoms with Gasteiger partial charge in [0.25, 0.3) is 5.69 Å². The van der Waals surface area contributed by atoms with Crippen LogP contribution in [0.5, 0.6) is 0 Å². The van der Waals surface area contributed by atoms with Crippen molar-refractivity contribution in [3.8, 4) is 0 Å². The number of sulfonamides is 1. The quantitative estimate of drug-likeness (QED) is 0.593. The third-order valence-corrected chi connectivity index (χ3v) is 5.35. The molecule has 9 heteroatoms. The zero-order valence-electron chi connectivity index (χ0n) is 13.3. The van der Waals surface area contributed by atoms with Gasteiger partial charge < -0.3 is 10.6 Å². The number of nitrogens with one attached hydrogen (secondary N) is 2. The van der Waals surface area contributed by atoms with Gasteiger partial charge in [0.2, 0.25) is 10.0 Å². The van der Waals surface area contributed by atoms with E-state index in [1.165, 1.54) is 10.6 Å². The number of benzene rings is 1. The number of hydrogen-bond donors (Lipinski definition) is 2. The largest absolute Gasteiger partial charge is 0.383 e. The van der Waals surface area contributed by atoms with Crippen molar-refractivity contribution in [1.29, 1.82) is 0 Å². The Labute approximate surface area is 136 Å². The number of rotatable bonds is 6. The minimum atomic E-state index is -3.12. The molecule has 128 valence electrons. The Morgan fingerprint density at radius 3 is 2.52 bits per heavy atom. The molecule has 1 aliphatic heterocycles. The maximum Gasteiger partial charge on any atom is 0.292 e. The fourth-order valence-corrected chi connectivity index (χ4v) is 3.58. The van der Waals surface area contributed by atoms with E-state index in [4.69, 9.17) is 0 Å². The predicted molar refractivity (Wildman–Crippen MR) is 88.9 cm³/mol. The molecule has 1 saturated heterocycles. The number of nitro benzene ring substituents is 1. The number of piperidine rings is 1. The molecule has 1 aromatic carbocycles. The lowest BCUT2D eigenvalue weighted by Gasteiger charge is -2.30. The molecule has 0 spiro atoms. The molecule has 0 unspecified atom stereocenters. The average Bonchev–Trinajstić information content (AvgIpc) is 2.52. The second kappa shape index (κ2) is 7.24. The summed E-state index contributed by atoms with van der Waals surface area (Å²) in [6.07, 6.45) is 2.71. The van der Waals surface area contributed by atoms with E-state index in [-0.39, 0.29) is 11.7 Å². The third kappa shape index (κ3) is 4.63. The van der Waals surface area contributed by atoms with E-state index in [0.717, 1.165) is 18.4 Å². The molecule has 2 rings (SSSR count). The summed E-state index contributed by atoms with van der Waals surface area (Å²) >= 11 is 0. The van der Waals surface area contributed by atoms with Gasteiger partial charge in [-0.3, -0.25) is 10.1 Å². The molecule has 1 aliphatic rings. The van der Waals surface area contributed by atoms with E-state index >= 15 is 0 Å². The van der Waals surface area contributed by atoms with E-state index in [0.29, 0.717) is 25.3 Å². The minimum absolute atomic E-state index is 0.0543. The van der Waals surface area contributed by atoms with Crippen molar-refractivity contribution in [2.24, 2.45) is 0 Å². The highest BCUT2D eigenvalue weighted by atomic mass is 32.2. The monoisotopic (exact) mass is 342 g/mol. The molecule has 0 bridgehead atoms. The van der Waals surface area contributed by atoms with Crippen LogP contribution in [0.3, 0.4) is 0 Å². The molecule has 0 saturated carbocycles. The smallest absolute Gasteiger partial charge is 0.292 e. The normalized spacial score (nSPS) is 17.1. The van der Waals surface area contributed by atoms with E-state index < -0.39 is 14.9 Å². The molecule has 0 aliphatic carbocycles. The van der Waals surface area contributed by atoms with E-state index in [9.17, 15) is 18.5 Å². The highest BCUT2D eigenvalue weighted by Crippen LogP contribution is 2.25. The molecule has 1 aromatic rings. The van der Waals surface area contributed by atoms with Crippen molar-refractivity contribution in [3.63, 3.8) is 0 Å². The first-order valence-corrected chi connectivity index (χ1v) is 9.29. The maximum absolute atomic E-state index is 11.5. The second-order valence-electron chi connectivity index (χ2n) is 5.68. The van der Waals surface area contributed by atoms with Crippen molar-refractivity contribution in [2.45, 2.75) is 25.4 Å². The Hall–Kier alpha value is -1.71. The van der Waals surface area contributed by atoms with Crippen LogP contribution < -0.4 is 10.6 Å². The number of nitro groups is 1. The summed E-state index contributed by atoms with van der Waals surface area (Å²) in [6, 6.07) is 5.32. The molecular formula is C14H22N4O4S. The topological polar surface area (TPSA) is 105 Å². The zero-order valence-corrected chi connectivity index (χ0v) is 14.1. The van der Waals surface area contributed by atoms with E-state index in [2.05, 4.69) is 10.6 Å². The average molecular weight is 342 g/mol. The van der Waals surface area contributed by atoms with Crippen molar-refractivity contribution in [2.75, 3.05) is 31.7 Å². The highest BCUT2D eigenvalue weighted by Gasteiger charge is 2.24. The molecule has 0 radical (unpaired) electrons. The first-order valence-electron chi connectivity index (χ1n) is 7.45. The van der Waals surface area contributed by atoms with Crippen LogP contribution in [0.2, 0.25) is 0 Å². The Bertz CT molecular complexity index is 669. The highest BCUT2D eigenvalue weighted by molar-refractivity contribution is 7.88. The van der Waals surface area contributed by atoms with Gasteiger partial charge in [-0.15, -0.1) is 0 Å². The van der Waals surface area contributed by atoms with Gasteiger partial charge in [-0.1, -0.05) is 6.07 Å². The van der Waals surface area contributed by atoms with Gasteiger partial charge in [0, 0.05) is 38.8 Å². The number of nitrogens with zero attached hydrogens (tertiary/aromatic N) is 2. The summed E-state index contributed by atoms with van der Waals surface area (Å²) in [7, 11) is -1.47. The van der Waals surface area contributed by atoms with Crippen LogP contribution in [0.25, 0.3) is 0 Å². The van der Waals surface area contributed by atoms with Gasteiger partial charge in [0.15, 0.2) is 0 Å². The summed E-state index contributed by atoms with van der Waals surface area (Å²) in [5.74, 6) is 0. The van der Waals surface area contributed by atoms with Crippen LogP contribution in [-0.2, 0) is 16.6 Å². The van der Waals surface area contributed by atoms with Crippen LogP contribution in [0.4, 0.5) is 11.4 Å². The minimum Gasteiger partial charge on any atom is -0.383 e. The van der Waals surface area contributed by atoms with E-state index in [1.54, 1.807) is 19.2 Å². The van der Waals surface area contributed by atoms with Crippen LogP contribution in [-0.4, -0.2) is 50.1 Å². The lowest BCUT2D eigenvalue weighted by molar-refractivity contribution is -0.384. The Kier molecular flexibility index (Phi) is 5.55. The SMILES string of the molecule is CNc1ccc(CNC2CCN(S(C)(=O)=O)CC2)cc1[N+](=O)[O-]. The van der Waals surface area contributed by atoms with Gasteiger partial charge in [-0.05, 0) is 24.5 Å². The van der Waals surface area contributed by atoms with Crippen molar-refractivity contribution in [1.82, 2.24) is 9.62 Å². The van der Waals surface area contributed by atoms with Crippen LogP contribution >= 0.6 is 0 Å². The Morgan fingerprint density at radius 1 is 1.35 bits per heavy atom. The fraction of sp³-hybridized carbons (Fsp3) is 0.571. The molecular weight excluding hydrogens is 320 g/mol. The molecule has 23 heavy (non-hydrogen) atoms. The third-order valence-electron chi connectivity index (χ3n) is 4.05. The van der Waals surface area contributed by atoms with Gasteiger partial charge in [0.05, 0.1) is 11.2 Å². The summed E-state index contributed by atoms with van der Waals surface area (Å²) in [6.45, 7) is 1.54. The summed E-state index contributed by atoms with van der Waals surface area (Å²) in [5.41, 5.74) is 1.38. The number of anilines is 1. The lowest BCUT2D eigenvalue weighted by atomic mass is 10.1. The summed E-state index contributed by atoms with van der Waals surface area (Å²) in [4.78, 5) is 10.6. The predicted octanol–water partition coefficient (Wildman–Crippen LogP) is 1.15. The van der Waals surface area contributed by atoms with Crippen LogP contribution in [0.15, 0.2) is 18.2 Å². The zero-order chi connectivity index (χ0) is 17.0. The van der Waals surface area contributed by atoms with Gasteiger partial charge >= 0.3 is 0 Å². The second-order valence-corrected chi connectivity index (χ2v) is 7.66. The lowest BCUT2D eigenvalue weighted by Crippen LogP contribution is -2.44. The van der Waals surface area contributed by atoms with Crippen molar-refractivity contribution in [3.05, 3.63) is 33.9 Å². The van der Waals surface area contributed by atoms with Crippen molar-refractivity contribution < 1.29 is 13.3 Å². The van der Waals surface area contributed by atoms with Crippen molar-refractivity contribution >= 4 is 21.4 Å². The molecule has 2 N–H and O–H groups in total. The first-order chi connectivity index (χ1) is 10.8. The molecule has 1 fully saturated rings. The van der Waals surface area contributed by atoms with Gasteiger partial charge in [-0.25, -0.2) is 12.7 Å². The van der Waals surface area contributed by atoms with Crippen LogP contribution in [0.1, 0.15) is 18.4 Å². The molecule has 0 aromatic heterocycles. The Morgan fingerprint density at radius 2 is 2.00 bits per heavy atom. The van der Waals surface area contributed by atoms with Gasteiger partial charge in [0.1, 0.15) is 5.69 Å². The maximum atomic E-state index is 11.5. The Balaban J connectivity index is 1.92. The fourth-order valence-electron chi connectivity index (χ4n) is 2.70. The van der Waals surface area contributed by atoms with Gasteiger partial charge in [-0.2, -0.15) is 0 Å². The molecule has 0 atom stereocenters. The number of hydrogen-bond acceptors (Lipinski definition) is 6. The summed E-state index contributed by atoms with van der Waals surface area (Å²) < 4.78 is 24.4. The van der Waals surface area contributed by atoms with Crippen LogP contribution in [0, 0.1) is 10.1 Å². The molecule has 8 nitrogen and oxygen atoms in total. The molecule has 0 amide bonds.